The van der Waals surface area contributed by atoms with Gasteiger partial charge in [0.1, 0.15) is 0 Å². The Hall–Kier alpha value is -3.38. The van der Waals surface area contributed by atoms with Crippen LogP contribution in [0.4, 0.5) is 26.3 Å². The molecule has 0 nitrogen and oxygen atoms in total. The maximum atomic E-state index is 12.7. The van der Waals surface area contributed by atoms with Crippen molar-refractivity contribution in [2.75, 3.05) is 0 Å². The van der Waals surface area contributed by atoms with E-state index in [1.54, 1.807) is 0 Å². The first-order chi connectivity index (χ1) is 27.7. The van der Waals surface area contributed by atoms with Crippen LogP contribution in [0.25, 0.3) is 32.7 Å². The van der Waals surface area contributed by atoms with E-state index in [1.807, 2.05) is 0 Å². The molecule has 5 aromatic rings. The van der Waals surface area contributed by atoms with Crippen LogP contribution in [-0.4, -0.2) is 3.21 Å². The molecule has 1 atom stereocenters. The van der Waals surface area contributed by atoms with Gasteiger partial charge in [0.25, 0.3) is 0 Å². The van der Waals surface area contributed by atoms with Gasteiger partial charge in [-0.2, -0.15) is 11.6 Å². The van der Waals surface area contributed by atoms with E-state index >= 15 is 0 Å². The Kier molecular flexibility index (Phi) is 15.4. The fraction of sp³-hybridized carbons (Fsp3) is 0.358. The van der Waals surface area contributed by atoms with Gasteiger partial charge in [-0.15, -0.1) is 39.7 Å². The topological polar surface area (TPSA) is 0 Å². The quantitative estimate of drug-likeness (QED) is 0.124. The molecule has 0 aromatic heterocycles. The maximum Gasteiger partial charge on any atom is -1.00 e. The van der Waals surface area contributed by atoms with Crippen molar-refractivity contribution in [1.82, 2.24) is 0 Å². The zero-order valence-electron chi connectivity index (χ0n) is 37.3. The summed E-state index contributed by atoms with van der Waals surface area (Å²) in [6.45, 7) is 25.1. The van der Waals surface area contributed by atoms with E-state index in [4.69, 9.17) is 0 Å². The van der Waals surface area contributed by atoms with Gasteiger partial charge < -0.3 is 24.8 Å². The first-order valence-electron chi connectivity index (χ1n) is 20.7. The average molecular weight is 967 g/mol. The summed E-state index contributed by atoms with van der Waals surface area (Å²) in [6.07, 6.45) is 4.13. The summed E-state index contributed by atoms with van der Waals surface area (Å²) in [7, 11) is 0. The van der Waals surface area contributed by atoms with Crippen LogP contribution >= 0.6 is 0 Å². The SMILES string of the molecule is CC1=CC(C)(C)c2cc3[cH-]c4cc5c(cc4c3cc21)C(C)=CC5(C)C.CCC1=[C-]C(CC)C=C1C(C)(C)C.FC(F)(F)c1cccc([C](=[Zr+2])c2cccc(C(F)(F)F)c2)c1.[Cl-].[Cl-]. The van der Waals surface area contributed by atoms with Crippen LogP contribution in [0, 0.1) is 17.4 Å². The third-order valence-electron chi connectivity index (χ3n) is 12.0. The van der Waals surface area contributed by atoms with Gasteiger partial charge in [0.15, 0.2) is 0 Å². The van der Waals surface area contributed by atoms with Crippen molar-refractivity contribution in [3.63, 3.8) is 0 Å². The third-order valence-corrected chi connectivity index (χ3v) is 13.4. The largest absolute Gasteiger partial charge is 1.00 e. The van der Waals surface area contributed by atoms with Crippen LogP contribution in [0.15, 0.2) is 108 Å². The second kappa shape index (κ2) is 18.6. The molecule has 0 N–H and O–H groups in total. The van der Waals surface area contributed by atoms with Crippen molar-refractivity contribution in [3.8, 4) is 0 Å². The van der Waals surface area contributed by atoms with Crippen molar-refractivity contribution >= 4 is 35.9 Å². The van der Waals surface area contributed by atoms with Crippen molar-refractivity contribution in [3.05, 3.63) is 159 Å². The van der Waals surface area contributed by atoms with E-state index < -0.39 is 23.5 Å². The van der Waals surface area contributed by atoms with Crippen LogP contribution in [0.3, 0.4) is 0 Å². The molecule has 0 aliphatic heterocycles. The molecule has 0 bridgehead atoms. The molecule has 0 saturated heterocycles. The van der Waals surface area contributed by atoms with Gasteiger partial charge in [-0.1, -0.05) is 122 Å². The molecule has 3 aliphatic carbocycles. The fourth-order valence-corrected chi connectivity index (χ4v) is 9.71. The number of halogens is 8. The molecule has 0 radical (unpaired) electrons. The first kappa shape index (κ1) is 51.3. The molecular weight excluding hydrogens is 913 g/mol. The van der Waals surface area contributed by atoms with E-state index in [2.05, 4.69) is 131 Å². The molecule has 328 valence electrons. The molecule has 0 fully saturated rings. The first-order valence-corrected chi connectivity index (χ1v) is 21.9. The minimum atomic E-state index is -4.49. The Balaban J connectivity index is 0.000000211. The standard InChI is InChI=1S/C25H25.C15H8F6.C13H21.2ClH.Zr/c1-14-12-24(3,4)22-8-16-7-17-9-23-19(15(2)13-25(23,5)6)11-21(17)20(16)10-18(14)22;16-14(17,18)12-5-1-3-10(8-12)7-11-4-2-6-13(9-11)15(19,20)21;1-6-10-8-11(7-2)12(9-10)13(3,4)5;;;/h7-13H,1-6H3;1-6,8-9H;9-10H,6-7H2,1-5H3;2*1H;/q-1;;-1;;;+2/p-2. The Labute approximate surface area is 391 Å². The summed E-state index contributed by atoms with van der Waals surface area (Å²) in [5.74, 6) is 0.573. The van der Waals surface area contributed by atoms with Crippen molar-refractivity contribution < 1.29 is 75.4 Å². The van der Waals surface area contributed by atoms with Crippen LogP contribution in [0.1, 0.15) is 134 Å². The number of fused-ring (bicyclic) bond motifs is 5. The second-order valence-electron chi connectivity index (χ2n) is 18.6. The van der Waals surface area contributed by atoms with Gasteiger partial charge in [0.2, 0.25) is 0 Å². The second-order valence-corrected chi connectivity index (χ2v) is 19.8. The van der Waals surface area contributed by atoms with Gasteiger partial charge in [0, 0.05) is 10.8 Å². The number of benzene rings is 4. The van der Waals surface area contributed by atoms with Crippen LogP contribution in [-0.2, 0) is 47.4 Å². The number of allylic oxidation sites excluding steroid dienone is 8. The van der Waals surface area contributed by atoms with Crippen molar-refractivity contribution in [2.45, 2.75) is 112 Å². The van der Waals surface area contributed by atoms with E-state index in [9.17, 15) is 26.3 Å². The van der Waals surface area contributed by atoms with Crippen LogP contribution < -0.4 is 24.8 Å². The Bertz CT molecular complexity index is 2470. The van der Waals surface area contributed by atoms with Crippen molar-refractivity contribution in [2.24, 2.45) is 11.3 Å². The molecule has 0 amide bonds. The fourth-order valence-electron chi connectivity index (χ4n) is 8.95. The van der Waals surface area contributed by atoms with E-state index in [0.29, 0.717) is 14.5 Å². The van der Waals surface area contributed by atoms with E-state index in [1.165, 1.54) is 96.8 Å². The van der Waals surface area contributed by atoms with Gasteiger partial charge in [-0.05, 0) is 36.1 Å². The molecule has 62 heavy (non-hydrogen) atoms. The normalized spacial score (nSPS) is 17.2. The number of hydrogen-bond acceptors (Lipinski definition) is 0. The zero-order valence-corrected chi connectivity index (χ0v) is 41.2. The molecular formula is C53H54Cl2F6Zr-2. The summed E-state index contributed by atoms with van der Waals surface area (Å²) in [4.78, 5) is 0. The van der Waals surface area contributed by atoms with Gasteiger partial charge in [-0.25, -0.2) is 5.57 Å². The summed E-state index contributed by atoms with van der Waals surface area (Å²) in [6, 6.07) is 21.3. The molecule has 0 spiro atoms. The minimum absolute atomic E-state index is 0. The van der Waals surface area contributed by atoms with E-state index in [-0.39, 0.29) is 46.8 Å². The molecule has 8 rings (SSSR count). The Morgan fingerprint density at radius 2 is 1.10 bits per heavy atom. The Morgan fingerprint density at radius 3 is 1.44 bits per heavy atom. The van der Waals surface area contributed by atoms with E-state index in [0.717, 1.165) is 54.9 Å². The molecule has 0 saturated carbocycles. The summed E-state index contributed by atoms with van der Waals surface area (Å²) in [5, 5.41) is 5.57. The summed E-state index contributed by atoms with van der Waals surface area (Å²) < 4.78 is 76.7. The predicted octanol–water partition coefficient (Wildman–Crippen LogP) is 10.1. The Morgan fingerprint density at radius 1 is 0.677 bits per heavy atom. The molecule has 5 aromatic carbocycles. The number of hydrogen-bond donors (Lipinski definition) is 0. The van der Waals surface area contributed by atoms with Gasteiger partial charge >= 0.3 is 137 Å². The molecule has 3 aliphatic rings. The predicted molar refractivity (Wildman–Crippen MR) is 235 cm³/mol. The number of alkyl halides is 6. The molecule has 1 unspecified atom stereocenters. The van der Waals surface area contributed by atoms with Crippen molar-refractivity contribution in [1.29, 1.82) is 0 Å². The average Bonchev–Trinajstić information content (AvgIpc) is 3.88. The zero-order chi connectivity index (χ0) is 44.3. The monoisotopic (exact) mass is 964 g/mol. The summed E-state index contributed by atoms with van der Waals surface area (Å²) in [5.41, 5.74) is 11.0. The summed E-state index contributed by atoms with van der Waals surface area (Å²) >= 11 is 0.729. The molecule has 0 heterocycles. The van der Waals surface area contributed by atoms with Gasteiger partial charge in [-0.3, -0.25) is 6.08 Å². The smallest absolute Gasteiger partial charge is 1.00 e. The molecule has 9 heteroatoms. The van der Waals surface area contributed by atoms with Crippen LogP contribution in [0.5, 0.6) is 0 Å². The minimum Gasteiger partial charge on any atom is -1.00 e. The van der Waals surface area contributed by atoms with Crippen LogP contribution in [0.2, 0.25) is 0 Å². The maximum absolute atomic E-state index is 12.7. The number of rotatable bonds is 4. The van der Waals surface area contributed by atoms with Gasteiger partial charge in [0.05, 0.1) is 0 Å². The third kappa shape index (κ3) is 10.6.